The molecular weight excluding hydrogens is 314 g/mol. The summed E-state index contributed by atoms with van der Waals surface area (Å²) in [6.07, 6.45) is 2.12. The van der Waals surface area contributed by atoms with Gasteiger partial charge in [0.25, 0.3) is 0 Å². The van der Waals surface area contributed by atoms with Crippen molar-refractivity contribution in [3.05, 3.63) is 63.6 Å². The number of fused-ring (bicyclic) bond motifs is 1. The molecule has 20 heavy (non-hydrogen) atoms. The molecule has 3 rings (SSSR count). The van der Waals surface area contributed by atoms with Gasteiger partial charge in [-0.2, -0.15) is 0 Å². The molecular formula is C17H18BrNO. The van der Waals surface area contributed by atoms with Crippen molar-refractivity contribution in [3.8, 4) is 5.75 Å². The first kappa shape index (κ1) is 13.7. The third-order valence-corrected chi connectivity index (χ3v) is 4.75. The van der Waals surface area contributed by atoms with E-state index in [1.54, 1.807) is 6.07 Å². The van der Waals surface area contributed by atoms with Crippen molar-refractivity contribution in [1.29, 1.82) is 0 Å². The molecule has 2 nitrogen and oxygen atoms in total. The van der Waals surface area contributed by atoms with E-state index in [-0.39, 0.29) is 6.04 Å². The van der Waals surface area contributed by atoms with Crippen LogP contribution >= 0.6 is 15.9 Å². The molecule has 1 aliphatic rings. The molecule has 104 valence electrons. The van der Waals surface area contributed by atoms with Crippen LogP contribution in [0.15, 0.2) is 46.9 Å². The van der Waals surface area contributed by atoms with E-state index in [0.29, 0.717) is 11.8 Å². The minimum atomic E-state index is 0.287. The summed E-state index contributed by atoms with van der Waals surface area (Å²) in [5.41, 5.74) is 3.86. The molecule has 2 atom stereocenters. The van der Waals surface area contributed by atoms with Crippen LogP contribution in [0.4, 0.5) is 0 Å². The highest BCUT2D eigenvalue weighted by atomic mass is 79.9. The summed E-state index contributed by atoms with van der Waals surface area (Å²) in [4.78, 5) is 0. The quantitative estimate of drug-likeness (QED) is 0.868. The van der Waals surface area contributed by atoms with Crippen LogP contribution in [0.5, 0.6) is 5.75 Å². The van der Waals surface area contributed by atoms with Crippen molar-refractivity contribution in [2.45, 2.75) is 31.8 Å². The normalized spacial score (nSPS) is 18.8. The van der Waals surface area contributed by atoms with Gasteiger partial charge in [0, 0.05) is 16.6 Å². The van der Waals surface area contributed by atoms with Crippen molar-refractivity contribution in [2.75, 3.05) is 0 Å². The van der Waals surface area contributed by atoms with Gasteiger partial charge >= 0.3 is 0 Å². The molecule has 1 unspecified atom stereocenters. The van der Waals surface area contributed by atoms with Crippen LogP contribution in [0.3, 0.4) is 0 Å². The topological polar surface area (TPSA) is 32.3 Å². The smallest absolute Gasteiger partial charge is 0.115 e. The highest BCUT2D eigenvalue weighted by molar-refractivity contribution is 9.10. The molecule has 1 aliphatic carbocycles. The third kappa shape index (κ3) is 2.60. The lowest BCUT2D eigenvalue weighted by Crippen LogP contribution is -2.23. The van der Waals surface area contributed by atoms with E-state index in [1.807, 2.05) is 18.2 Å². The molecule has 0 amide bonds. The predicted molar refractivity (Wildman–Crippen MR) is 84.9 cm³/mol. The Kier molecular flexibility index (Phi) is 3.81. The Bertz CT molecular complexity index is 626. The Morgan fingerprint density at radius 1 is 1.25 bits per heavy atom. The maximum absolute atomic E-state index is 9.55. The van der Waals surface area contributed by atoms with Gasteiger partial charge in [-0.05, 0) is 54.7 Å². The molecule has 3 heteroatoms. The van der Waals surface area contributed by atoms with E-state index in [4.69, 9.17) is 0 Å². The summed E-state index contributed by atoms with van der Waals surface area (Å²) >= 11 is 3.61. The van der Waals surface area contributed by atoms with Gasteiger partial charge in [-0.3, -0.25) is 0 Å². The van der Waals surface area contributed by atoms with Gasteiger partial charge in [-0.1, -0.05) is 40.2 Å². The fourth-order valence-electron chi connectivity index (χ4n) is 2.99. The van der Waals surface area contributed by atoms with Gasteiger partial charge in [-0.25, -0.2) is 0 Å². The molecule has 2 aromatic carbocycles. The highest BCUT2D eigenvalue weighted by Crippen LogP contribution is 2.35. The average molecular weight is 332 g/mol. The zero-order valence-electron chi connectivity index (χ0n) is 11.4. The van der Waals surface area contributed by atoms with Gasteiger partial charge in [0.1, 0.15) is 5.75 Å². The van der Waals surface area contributed by atoms with E-state index in [0.717, 1.165) is 17.3 Å². The van der Waals surface area contributed by atoms with Gasteiger partial charge in [0.15, 0.2) is 0 Å². The number of hydrogen-bond donors (Lipinski definition) is 2. The van der Waals surface area contributed by atoms with Crippen molar-refractivity contribution >= 4 is 15.9 Å². The Morgan fingerprint density at radius 3 is 2.85 bits per heavy atom. The second-order valence-electron chi connectivity index (χ2n) is 5.38. The number of halogens is 1. The summed E-state index contributed by atoms with van der Waals surface area (Å²) in [5, 5.41) is 13.3. The first-order valence-corrected chi connectivity index (χ1v) is 7.76. The lowest BCUT2D eigenvalue weighted by molar-refractivity contribution is 0.463. The number of benzene rings is 2. The molecule has 0 heterocycles. The van der Waals surface area contributed by atoms with Gasteiger partial charge < -0.3 is 10.4 Å². The van der Waals surface area contributed by atoms with Crippen molar-refractivity contribution in [1.82, 2.24) is 5.32 Å². The van der Waals surface area contributed by atoms with Crippen LogP contribution in [-0.4, -0.2) is 5.11 Å². The molecule has 2 N–H and O–H groups in total. The molecule has 0 aromatic heterocycles. The zero-order chi connectivity index (χ0) is 14.1. The lowest BCUT2D eigenvalue weighted by Gasteiger charge is -2.21. The minimum absolute atomic E-state index is 0.287. The summed E-state index contributed by atoms with van der Waals surface area (Å²) < 4.78 is 1.14. The fraction of sp³-hybridized carbons (Fsp3) is 0.294. The van der Waals surface area contributed by atoms with E-state index in [1.165, 1.54) is 16.7 Å². The molecule has 0 bridgehead atoms. The number of phenolic OH excluding ortho intramolecular Hbond substituents is 1. The number of aromatic hydroxyl groups is 1. The van der Waals surface area contributed by atoms with Crippen LogP contribution in [-0.2, 0) is 6.42 Å². The molecule has 0 spiro atoms. The fourth-order valence-corrected chi connectivity index (χ4v) is 3.62. The van der Waals surface area contributed by atoms with Crippen LogP contribution < -0.4 is 5.32 Å². The van der Waals surface area contributed by atoms with E-state index in [9.17, 15) is 5.11 Å². The van der Waals surface area contributed by atoms with E-state index in [2.05, 4.69) is 46.4 Å². The monoisotopic (exact) mass is 331 g/mol. The second kappa shape index (κ2) is 5.58. The molecule has 0 radical (unpaired) electrons. The number of nitrogens with one attached hydrogen (secondary N) is 1. The lowest BCUT2D eigenvalue weighted by atomic mass is 10.0. The summed E-state index contributed by atoms with van der Waals surface area (Å²) in [6, 6.07) is 14.7. The summed E-state index contributed by atoms with van der Waals surface area (Å²) in [5.74, 6) is 0.364. The summed E-state index contributed by atoms with van der Waals surface area (Å²) in [6.45, 7) is 2.19. The average Bonchev–Trinajstić information content (AvgIpc) is 2.81. The van der Waals surface area contributed by atoms with Crippen molar-refractivity contribution in [2.24, 2.45) is 0 Å². The van der Waals surface area contributed by atoms with Crippen molar-refractivity contribution < 1.29 is 5.11 Å². The molecule has 0 saturated carbocycles. The first-order valence-electron chi connectivity index (χ1n) is 6.97. The molecule has 0 fully saturated rings. The van der Waals surface area contributed by atoms with E-state index >= 15 is 0 Å². The second-order valence-corrected chi connectivity index (χ2v) is 6.24. The highest BCUT2D eigenvalue weighted by Gasteiger charge is 2.24. The maximum atomic E-state index is 9.55. The Hall–Kier alpha value is -1.32. The van der Waals surface area contributed by atoms with Crippen LogP contribution in [0, 0.1) is 0 Å². The van der Waals surface area contributed by atoms with Gasteiger partial charge in [0.05, 0.1) is 0 Å². The molecule has 0 saturated heterocycles. The van der Waals surface area contributed by atoms with Crippen LogP contribution in [0.2, 0.25) is 0 Å². The zero-order valence-corrected chi connectivity index (χ0v) is 13.0. The van der Waals surface area contributed by atoms with E-state index < -0.39 is 0 Å². The standard InChI is InChI=1S/C17H18BrNO/c1-11(14-4-2-3-5-16(14)18)19-17-9-6-12-10-13(20)7-8-15(12)17/h2-5,7-8,10-11,17,19-20H,6,9H2,1H3/t11-,17?/m0/s1. The largest absolute Gasteiger partial charge is 0.508 e. The number of phenols is 1. The minimum Gasteiger partial charge on any atom is -0.508 e. The Balaban J connectivity index is 1.79. The Morgan fingerprint density at radius 2 is 2.05 bits per heavy atom. The maximum Gasteiger partial charge on any atom is 0.115 e. The first-order chi connectivity index (χ1) is 9.65. The van der Waals surface area contributed by atoms with Gasteiger partial charge in [0.2, 0.25) is 0 Å². The Labute approximate surface area is 128 Å². The van der Waals surface area contributed by atoms with Crippen molar-refractivity contribution in [3.63, 3.8) is 0 Å². The van der Waals surface area contributed by atoms with Crippen LogP contribution in [0.25, 0.3) is 0 Å². The SMILES string of the molecule is C[C@H](NC1CCc2cc(O)ccc21)c1ccccc1Br. The third-order valence-electron chi connectivity index (χ3n) is 4.03. The van der Waals surface area contributed by atoms with Crippen LogP contribution in [0.1, 0.15) is 42.1 Å². The number of aryl methyl sites for hydroxylation is 1. The number of rotatable bonds is 3. The predicted octanol–water partition coefficient (Wildman–Crippen LogP) is 4.49. The summed E-state index contributed by atoms with van der Waals surface area (Å²) in [7, 11) is 0. The number of hydrogen-bond acceptors (Lipinski definition) is 2. The molecule has 0 aliphatic heterocycles. The molecule has 2 aromatic rings. The van der Waals surface area contributed by atoms with Gasteiger partial charge in [-0.15, -0.1) is 0 Å².